The van der Waals surface area contributed by atoms with Gasteiger partial charge in [0.2, 0.25) is 5.82 Å². The molecule has 172 valence electrons. The minimum atomic E-state index is -0.503. The molecular weight excluding hydrogens is 456 g/mol. The van der Waals surface area contributed by atoms with E-state index in [0.717, 1.165) is 11.1 Å². The number of hydrogen-bond donors (Lipinski definition) is 1. The van der Waals surface area contributed by atoms with E-state index in [4.69, 9.17) is 25.3 Å². The van der Waals surface area contributed by atoms with Crippen LogP contribution in [0, 0.1) is 0 Å². The summed E-state index contributed by atoms with van der Waals surface area (Å²) in [6, 6.07) is 17.5. The van der Waals surface area contributed by atoms with Gasteiger partial charge >= 0.3 is 6.03 Å². The lowest BCUT2D eigenvalue weighted by Gasteiger charge is -2.34. The highest BCUT2D eigenvalue weighted by atomic mass is 35.5. The lowest BCUT2D eigenvalue weighted by molar-refractivity contribution is 0.199. The third kappa shape index (κ3) is 4.15. The number of halogens is 1. The van der Waals surface area contributed by atoms with Gasteiger partial charge in [-0.3, -0.25) is 4.90 Å². The summed E-state index contributed by atoms with van der Waals surface area (Å²) in [5.74, 6) is 2.06. The van der Waals surface area contributed by atoms with Crippen molar-refractivity contribution in [2.45, 2.75) is 19.5 Å². The molecule has 9 heteroatoms. The van der Waals surface area contributed by atoms with Crippen LogP contribution in [0.3, 0.4) is 0 Å². The molecule has 5 rings (SSSR count). The number of ether oxygens (including phenoxy) is 1. The fourth-order valence-electron chi connectivity index (χ4n) is 3.92. The summed E-state index contributed by atoms with van der Waals surface area (Å²) in [5.41, 5.74) is 2.96. The summed E-state index contributed by atoms with van der Waals surface area (Å²) in [4.78, 5) is 19.3. The van der Waals surface area contributed by atoms with Crippen molar-refractivity contribution in [3.8, 4) is 17.1 Å². The molecule has 1 aliphatic rings. The number of amides is 2. The van der Waals surface area contributed by atoms with Crippen molar-refractivity contribution in [2.24, 2.45) is 0 Å². The number of methoxy groups -OCH3 is 1. The van der Waals surface area contributed by atoms with Crippen LogP contribution >= 0.6 is 11.6 Å². The minimum Gasteiger partial charge on any atom is -0.497 e. The first-order valence-corrected chi connectivity index (χ1v) is 11.0. The van der Waals surface area contributed by atoms with Gasteiger partial charge in [0.05, 0.1) is 31.5 Å². The molecule has 1 aliphatic heterocycles. The van der Waals surface area contributed by atoms with E-state index in [0.29, 0.717) is 39.5 Å². The molecule has 2 aromatic heterocycles. The van der Waals surface area contributed by atoms with Crippen molar-refractivity contribution < 1.29 is 18.5 Å². The predicted octanol–water partition coefficient (Wildman–Crippen LogP) is 5.69. The molecule has 2 amide bonds. The number of aromatic nitrogens is 2. The molecular formula is C25H21ClN4O4. The molecule has 1 unspecified atom stereocenters. The van der Waals surface area contributed by atoms with Crippen LogP contribution < -0.4 is 10.1 Å². The number of urea groups is 1. The molecule has 0 fully saturated rings. The first-order chi connectivity index (χ1) is 16.5. The number of furan rings is 1. The molecule has 2 aromatic carbocycles. The first-order valence-electron chi connectivity index (χ1n) is 10.6. The molecule has 0 radical (unpaired) electrons. The van der Waals surface area contributed by atoms with Gasteiger partial charge < -0.3 is 19.0 Å². The zero-order valence-corrected chi connectivity index (χ0v) is 19.2. The molecule has 34 heavy (non-hydrogen) atoms. The van der Waals surface area contributed by atoms with Gasteiger partial charge in [-0.15, -0.1) is 0 Å². The third-order valence-electron chi connectivity index (χ3n) is 5.68. The topological polar surface area (TPSA) is 93.6 Å². The van der Waals surface area contributed by atoms with Gasteiger partial charge in [-0.2, -0.15) is 4.98 Å². The number of nitrogens with one attached hydrogen (secondary N) is 1. The average molecular weight is 477 g/mol. The van der Waals surface area contributed by atoms with E-state index in [1.807, 2.05) is 49.4 Å². The summed E-state index contributed by atoms with van der Waals surface area (Å²) in [5, 5.41) is 7.85. The van der Waals surface area contributed by atoms with E-state index in [9.17, 15) is 4.79 Å². The SMILES string of the molecule is COc1cccc(-c2noc(C3=C(C)N(Cc4ccco4)C(=O)NC3c3ccc(Cl)cc3)n2)c1. The molecule has 4 aromatic rings. The van der Waals surface area contributed by atoms with Crippen molar-refractivity contribution in [1.29, 1.82) is 0 Å². The quantitative estimate of drug-likeness (QED) is 0.384. The molecule has 0 aliphatic carbocycles. The van der Waals surface area contributed by atoms with Crippen LogP contribution in [-0.2, 0) is 6.54 Å². The molecule has 8 nitrogen and oxygen atoms in total. The summed E-state index contributed by atoms with van der Waals surface area (Å²) < 4.78 is 16.5. The zero-order valence-electron chi connectivity index (χ0n) is 18.5. The number of carbonyl (C=O) groups excluding carboxylic acids is 1. The first kappa shape index (κ1) is 21.8. The Morgan fingerprint density at radius 1 is 1.15 bits per heavy atom. The fourth-order valence-corrected chi connectivity index (χ4v) is 4.05. The van der Waals surface area contributed by atoms with Gasteiger partial charge in [0.1, 0.15) is 11.5 Å². The van der Waals surface area contributed by atoms with Gasteiger partial charge in [-0.25, -0.2) is 4.79 Å². The van der Waals surface area contributed by atoms with Crippen molar-refractivity contribution in [3.63, 3.8) is 0 Å². The van der Waals surface area contributed by atoms with Gasteiger partial charge in [0.25, 0.3) is 5.89 Å². The smallest absolute Gasteiger partial charge is 0.322 e. The molecule has 1 N–H and O–H groups in total. The van der Waals surface area contributed by atoms with Crippen LogP contribution in [0.5, 0.6) is 5.75 Å². The average Bonchev–Trinajstić information content (AvgIpc) is 3.54. The van der Waals surface area contributed by atoms with Crippen LogP contribution in [0.1, 0.15) is 30.2 Å². The normalized spacial score (nSPS) is 16.0. The lowest BCUT2D eigenvalue weighted by atomic mass is 9.94. The molecule has 0 saturated heterocycles. The number of allylic oxidation sites excluding steroid dienone is 1. The largest absolute Gasteiger partial charge is 0.497 e. The van der Waals surface area contributed by atoms with Crippen LogP contribution in [-0.4, -0.2) is 28.2 Å². The van der Waals surface area contributed by atoms with Crippen LogP contribution in [0.4, 0.5) is 4.79 Å². The second-order valence-corrected chi connectivity index (χ2v) is 8.19. The van der Waals surface area contributed by atoms with Gasteiger partial charge in [-0.1, -0.05) is 41.0 Å². The van der Waals surface area contributed by atoms with Gasteiger partial charge in [0.15, 0.2) is 0 Å². The minimum absolute atomic E-state index is 0.259. The highest BCUT2D eigenvalue weighted by Gasteiger charge is 2.36. The van der Waals surface area contributed by atoms with E-state index in [1.54, 1.807) is 36.5 Å². The van der Waals surface area contributed by atoms with E-state index >= 15 is 0 Å². The van der Waals surface area contributed by atoms with Crippen LogP contribution in [0.15, 0.2) is 81.6 Å². The molecule has 1 atom stereocenters. The predicted molar refractivity (Wildman–Crippen MR) is 126 cm³/mol. The lowest BCUT2D eigenvalue weighted by Crippen LogP contribution is -2.45. The summed E-state index contributed by atoms with van der Waals surface area (Å²) in [6.07, 6.45) is 1.58. The maximum Gasteiger partial charge on any atom is 0.322 e. The third-order valence-corrected chi connectivity index (χ3v) is 5.93. The van der Waals surface area contributed by atoms with Crippen molar-refractivity contribution in [1.82, 2.24) is 20.4 Å². The number of nitrogens with zero attached hydrogens (tertiary/aromatic N) is 3. The Morgan fingerprint density at radius 2 is 1.97 bits per heavy atom. The Morgan fingerprint density at radius 3 is 2.71 bits per heavy atom. The number of hydrogen-bond acceptors (Lipinski definition) is 6. The van der Waals surface area contributed by atoms with E-state index < -0.39 is 6.04 Å². The van der Waals surface area contributed by atoms with Crippen molar-refractivity contribution >= 4 is 23.2 Å². The number of rotatable bonds is 6. The van der Waals surface area contributed by atoms with Crippen molar-refractivity contribution in [2.75, 3.05) is 7.11 Å². The number of benzene rings is 2. The Hall–Kier alpha value is -4.04. The molecule has 0 spiro atoms. The molecule has 0 saturated carbocycles. The van der Waals surface area contributed by atoms with Gasteiger partial charge in [-0.05, 0) is 48.9 Å². The Balaban J connectivity index is 1.59. The maximum atomic E-state index is 13.1. The Kier molecular flexibility index (Phi) is 5.81. The van der Waals surface area contributed by atoms with Gasteiger partial charge in [0, 0.05) is 16.3 Å². The van der Waals surface area contributed by atoms with E-state index in [-0.39, 0.29) is 12.6 Å². The van der Waals surface area contributed by atoms with Crippen LogP contribution in [0.25, 0.3) is 17.0 Å². The van der Waals surface area contributed by atoms with E-state index in [2.05, 4.69) is 15.5 Å². The fraction of sp³-hybridized carbons (Fsp3) is 0.160. The van der Waals surface area contributed by atoms with Crippen molar-refractivity contribution in [3.05, 3.63) is 94.9 Å². The van der Waals surface area contributed by atoms with E-state index in [1.165, 1.54) is 0 Å². The second-order valence-electron chi connectivity index (χ2n) is 7.75. The summed E-state index contributed by atoms with van der Waals surface area (Å²) in [7, 11) is 1.60. The molecule has 3 heterocycles. The maximum absolute atomic E-state index is 13.1. The number of carbonyl (C=O) groups is 1. The highest BCUT2D eigenvalue weighted by Crippen LogP contribution is 2.38. The molecule has 0 bridgehead atoms. The summed E-state index contributed by atoms with van der Waals surface area (Å²) in [6.45, 7) is 2.12. The zero-order chi connectivity index (χ0) is 23.7. The monoisotopic (exact) mass is 476 g/mol. The summed E-state index contributed by atoms with van der Waals surface area (Å²) >= 11 is 6.09. The standard InChI is InChI=1S/C25H21ClN4O4/c1-15-21(24-28-23(29-34-24)17-5-3-6-19(13-17)32-2)22(16-8-10-18(26)11-9-16)27-25(31)30(15)14-20-7-4-12-33-20/h3-13,22H,14H2,1-2H3,(H,27,31). The highest BCUT2D eigenvalue weighted by molar-refractivity contribution is 6.30. The second kappa shape index (κ2) is 9.07. The Labute approximate surface area is 200 Å². The Bertz CT molecular complexity index is 1350. The van der Waals surface area contributed by atoms with Crippen LogP contribution in [0.2, 0.25) is 5.02 Å².